The number of halogens is 2. The van der Waals surface area contributed by atoms with Crippen molar-refractivity contribution < 1.29 is 18.3 Å². The molecule has 1 aromatic heterocycles. The minimum atomic E-state index is -0.406. The van der Waals surface area contributed by atoms with Crippen LogP contribution in [-0.2, 0) is 13.2 Å². The summed E-state index contributed by atoms with van der Waals surface area (Å²) in [6.45, 7) is 0.385. The summed E-state index contributed by atoms with van der Waals surface area (Å²) in [5.41, 5.74) is 1.69. The van der Waals surface area contributed by atoms with Crippen LogP contribution in [-0.4, -0.2) is 10.9 Å². The third kappa shape index (κ3) is 5.16. The lowest BCUT2D eigenvalue weighted by molar-refractivity contribution is 0.0984. The van der Waals surface area contributed by atoms with Crippen LogP contribution in [0.3, 0.4) is 0 Å². The van der Waals surface area contributed by atoms with Crippen LogP contribution in [0.2, 0.25) is 0 Å². The standard InChI is InChI=1S/C26H20F2N2O2/c27-22-12-10-20(11-13-22)26(31)30(25-7-3-4-16-29-25)17-19-8-14-23(15-9-19)32-18-21-5-1-2-6-24(21)28/h1-16H,17-18H2. The van der Waals surface area contributed by atoms with Gasteiger partial charge in [-0.1, -0.05) is 36.4 Å². The Morgan fingerprint density at radius 3 is 2.25 bits per heavy atom. The molecule has 6 heteroatoms. The summed E-state index contributed by atoms with van der Waals surface area (Å²) in [4.78, 5) is 19.0. The third-order valence-electron chi connectivity index (χ3n) is 4.88. The molecule has 3 aromatic carbocycles. The molecule has 4 aromatic rings. The Balaban J connectivity index is 1.50. The maximum atomic E-state index is 13.8. The van der Waals surface area contributed by atoms with Gasteiger partial charge < -0.3 is 4.74 Å². The van der Waals surface area contributed by atoms with Crippen molar-refractivity contribution in [1.29, 1.82) is 0 Å². The number of hydrogen-bond donors (Lipinski definition) is 0. The lowest BCUT2D eigenvalue weighted by Crippen LogP contribution is -2.31. The number of rotatable bonds is 7. The van der Waals surface area contributed by atoms with E-state index in [1.54, 1.807) is 54.7 Å². The van der Waals surface area contributed by atoms with E-state index >= 15 is 0 Å². The first-order valence-electron chi connectivity index (χ1n) is 10.0. The molecule has 32 heavy (non-hydrogen) atoms. The second kappa shape index (κ2) is 9.83. The summed E-state index contributed by atoms with van der Waals surface area (Å²) in [6, 6.07) is 24.4. The highest BCUT2D eigenvalue weighted by molar-refractivity contribution is 6.05. The predicted octanol–water partition coefficient (Wildman–Crippen LogP) is 5.79. The number of anilines is 1. The number of amides is 1. The molecule has 0 unspecified atom stereocenters. The Bertz CT molecular complexity index is 1180. The Kier molecular flexibility index (Phi) is 6.51. The smallest absolute Gasteiger partial charge is 0.259 e. The first-order chi connectivity index (χ1) is 15.6. The van der Waals surface area contributed by atoms with Gasteiger partial charge in [-0.3, -0.25) is 9.69 Å². The number of nitrogens with zero attached hydrogens (tertiary/aromatic N) is 2. The van der Waals surface area contributed by atoms with Gasteiger partial charge in [0.2, 0.25) is 0 Å². The van der Waals surface area contributed by atoms with Crippen LogP contribution in [0.25, 0.3) is 0 Å². The largest absolute Gasteiger partial charge is 0.489 e. The quantitative estimate of drug-likeness (QED) is 0.373. The molecule has 0 saturated heterocycles. The van der Waals surface area contributed by atoms with E-state index in [1.807, 2.05) is 12.1 Å². The topological polar surface area (TPSA) is 42.4 Å². The molecule has 0 aliphatic carbocycles. The maximum absolute atomic E-state index is 13.8. The number of ether oxygens (including phenoxy) is 1. The molecule has 0 saturated carbocycles. The number of benzene rings is 3. The molecule has 0 bridgehead atoms. The second-order valence-corrected chi connectivity index (χ2v) is 7.11. The summed E-state index contributed by atoms with van der Waals surface area (Å²) < 4.78 is 32.7. The van der Waals surface area contributed by atoms with Gasteiger partial charge in [-0.15, -0.1) is 0 Å². The van der Waals surface area contributed by atoms with Crippen molar-refractivity contribution in [2.75, 3.05) is 4.90 Å². The molecule has 0 aliphatic rings. The van der Waals surface area contributed by atoms with Crippen molar-refractivity contribution in [2.24, 2.45) is 0 Å². The lowest BCUT2D eigenvalue weighted by Gasteiger charge is -2.22. The normalized spacial score (nSPS) is 10.6. The molecule has 4 rings (SSSR count). The van der Waals surface area contributed by atoms with Gasteiger partial charge in [0.25, 0.3) is 5.91 Å². The minimum Gasteiger partial charge on any atom is -0.489 e. The average molecular weight is 430 g/mol. The highest BCUT2D eigenvalue weighted by Gasteiger charge is 2.19. The number of carbonyl (C=O) groups is 1. The van der Waals surface area contributed by atoms with Crippen LogP contribution in [0.4, 0.5) is 14.6 Å². The van der Waals surface area contributed by atoms with Crippen LogP contribution >= 0.6 is 0 Å². The molecule has 1 heterocycles. The van der Waals surface area contributed by atoms with Crippen molar-refractivity contribution in [3.63, 3.8) is 0 Å². The zero-order valence-corrected chi connectivity index (χ0v) is 17.1. The summed E-state index contributed by atoms with van der Waals surface area (Å²) in [7, 11) is 0. The fourth-order valence-corrected chi connectivity index (χ4v) is 3.17. The average Bonchev–Trinajstić information content (AvgIpc) is 2.83. The van der Waals surface area contributed by atoms with Gasteiger partial charge >= 0.3 is 0 Å². The van der Waals surface area contributed by atoms with Gasteiger partial charge in [0.1, 0.15) is 29.8 Å². The van der Waals surface area contributed by atoms with E-state index in [1.165, 1.54) is 35.2 Å². The van der Waals surface area contributed by atoms with Crippen LogP contribution in [0, 0.1) is 11.6 Å². The molecule has 0 fully saturated rings. The molecule has 160 valence electrons. The van der Waals surface area contributed by atoms with Crippen LogP contribution < -0.4 is 9.64 Å². The molecule has 4 nitrogen and oxygen atoms in total. The molecule has 0 atom stereocenters. The van der Waals surface area contributed by atoms with E-state index in [0.717, 1.165) is 5.56 Å². The SMILES string of the molecule is O=C(c1ccc(F)cc1)N(Cc1ccc(OCc2ccccc2F)cc1)c1ccccn1. The molecular weight excluding hydrogens is 410 g/mol. The van der Waals surface area contributed by atoms with E-state index in [2.05, 4.69) is 4.98 Å². The van der Waals surface area contributed by atoms with E-state index in [9.17, 15) is 13.6 Å². The highest BCUT2D eigenvalue weighted by atomic mass is 19.1. The van der Waals surface area contributed by atoms with Crippen LogP contribution in [0.1, 0.15) is 21.5 Å². The third-order valence-corrected chi connectivity index (χ3v) is 4.88. The van der Waals surface area contributed by atoms with Crippen LogP contribution in [0.15, 0.2) is 97.2 Å². The second-order valence-electron chi connectivity index (χ2n) is 7.11. The lowest BCUT2D eigenvalue weighted by atomic mass is 10.1. The Morgan fingerprint density at radius 2 is 1.56 bits per heavy atom. The van der Waals surface area contributed by atoms with Crippen molar-refractivity contribution in [3.05, 3.63) is 126 Å². The van der Waals surface area contributed by atoms with Crippen molar-refractivity contribution >= 4 is 11.7 Å². The summed E-state index contributed by atoms with van der Waals surface area (Å²) in [5.74, 6) is 0.0721. The van der Waals surface area contributed by atoms with E-state index < -0.39 is 5.82 Å². The first-order valence-corrected chi connectivity index (χ1v) is 10.0. The number of carbonyl (C=O) groups excluding carboxylic acids is 1. The minimum absolute atomic E-state index is 0.120. The Hall–Kier alpha value is -4.06. The summed E-state index contributed by atoms with van der Waals surface area (Å²) in [5, 5.41) is 0. The molecular formula is C26H20F2N2O2. The zero-order valence-electron chi connectivity index (χ0n) is 17.1. The van der Waals surface area contributed by atoms with Gasteiger partial charge in [0, 0.05) is 17.3 Å². The van der Waals surface area contributed by atoms with Crippen molar-refractivity contribution in [1.82, 2.24) is 4.98 Å². The molecule has 0 N–H and O–H groups in total. The van der Waals surface area contributed by atoms with Gasteiger partial charge in [0.15, 0.2) is 0 Å². The van der Waals surface area contributed by atoms with E-state index in [4.69, 9.17) is 4.74 Å². The summed E-state index contributed by atoms with van der Waals surface area (Å²) >= 11 is 0. The fraction of sp³-hybridized carbons (Fsp3) is 0.0769. The number of aromatic nitrogens is 1. The number of hydrogen-bond acceptors (Lipinski definition) is 3. The Labute approximate surface area is 184 Å². The summed E-state index contributed by atoms with van der Waals surface area (Å²) in [6.07, 6.45) is 1.61. The van der Waals surface area contributed by atoms with Gasteiger partial charge in [0.05, 0.1) is 6.54 Å². The monoisotopic (exact) mass is 430 g/mol. The maximum Gasteiger partial charge on any atom is 0.259 e. The van der Waals surface area contributed by atoms with E-state index in [-0.39, 0.29) is 24.9 Å². The van der Waals surface area contributed by atoms with Gasteiger partial charge in [-0.05, 0) is 60.2 Å². The molecule has 1 amide bonds. The zero-order chi connectivity index (χ0) is 22.3. The highest BCUT2D eigenvalue weighted by Crippen LogP contribution is 2.21. The fourth-order valence-electron chi connectivity index (χ4n) is 3.17. The van der Waals surface area contributed by atoms with Crippen LogP contribution in [0.5, 0.6) is 5.75 Å². The van der Waals surface area contributed by atoms with Crippen molar-refractivity contribution in [3.8, 4) is 5.75 Å². The molecule has 0 aliphatic heterocycles. The Morgan fingerprint density at radius 1 is 0.844 bits per heavy atom. The first kappa shape index (κ1) is 21.2. The van der Waals surface area contributed by atoms with Gasteiger partial charge in [-0.2, -0.15) is 0 Å². The number of pyridine rings is 1. The molecule has 0 spiro atoms. The van der Waals surface area contributed by atoms with E-state index in [0.29, 0.717) is 22.7 Å². The predicted molar refractivity (Wildman–Crippen MR) is 118 cm³/mol. The van der Waals surface area contributed by atoms with Gasteiger partial charge in [-0.25, -0.2) is 13.8 Å². The molecule has 0 radical (unpaired) electrons. The van der Waals surface area contributed by atoms with Crippen molar-refractivity contribution in [2.45, 2.75) is 13.2 Å².